The molecular formula is C14H11ClFN3O2S. The molecule has 2 heterocycles. The Morgan fingerprint density at radius 1 is 1.32 bits per heavy atom. The second-order valence-electron chi connectivity index (χ2n) is 5.04. The van der Waals surface area contributed by atoms with E-state index in [2.05, 4.69) is 9.59 Å². The van der Waals surface area contributed by atoms with Crippen molar-refractivity contribution in [2.24, 2.45) is 5.92 Å². The number of rotatable bonds is 4. The van der Waals surface area contributed by atoms with Crippen molar-refractivity contribution < 1.29 is 14.0 Å². The number of imide groups is 1. The topological polar surface area (TPSA) is 63.2 Å². The van der Waals surface area contributed by atoms with Gasteiger partial charge in [-0.15, -0.1) is 5.10 Å². The van der Waals surface area contributed by atoms with Gasteiger partial charge in [-0.2, -0.15) is 0 Å². The average molecular weight is 340 g/mol. The highest BCUT2D eigenvalue weighted by Crippen LogP contribution is 2.27. The highest BCUT2D eigenvalue weighted by atomic mass is 35.5. The van der Waals surface area contributed by atoms with E-state index in [4.69, 9.17) is 11.6 Å². The van der Waals surface area contributed by atoms with Gasteiger partial charge in [-0.25, -0.2) is 4.39 Å². The predicted octanol–water partition coefficient (Wildman–Crippen LogP) is 2.45. The van der Waals surface area contributed by atoms with Crippen LogP contribution in [0.15, 0.2) is 24.3 Å². The third kappa shape index (κ3) is 3.00. The summed E-state index contributed by atoms with van der Waals surface area (Å²) in [5.41, 5.74) is 1.25. The SMILES string of the molecule is O=C1CC(Cc2ccc(F)cc2)C(=O)N1Cc1nnsc1Cl. The molecule has 0 spiro atoms. The lowest BCUT2D eigenvalue weighted by atomic mass is 9.98. The molecule has 0 N–H and O–H groups in total. The molecule has 1 aliphatic heterocycles. The largest absolute Gasteiger partial charge is 0.276 e. The summed E-state index contributed by atoms with van der Waals surface area (Å²) in [4.78, 5) is 25.6. The predicted molar refractivity (Wildman–Crippen MR) is 78.7 cm³/mol. The highest BCUT2D eigenvalue weighted by molar-refractivity contribution is 7.10. The minimum absolute atomic E-state index is 0.0485. The molecule has 1 atom stereocenters. The van der Waals surface area contributed by atoms with Crippen molar-refractivity contribution in [1.29, 1.82) is 0 Å². The maximum atomic E-state index is 12.9. The molecule has 2 amide bonds. The molecule has 3 rings (SSSR count). The Hall–Kier alpha value is -1.86. The molecule has 1 aliphatic rings. The number of likely N-dealkylation sites (tertiary alicyclic amines) is 1. The lowest BCUT2D eigenvalue weighted by Gasteiger charge is -2.13. The molecule has 2 aromatic rings. The van der Waals surface area contributed by atoms with Gasteiger partial charge in [0.2, 0.25) is 11.8 Å². The molecule has 0 saturated carbocycles. The molecule has 1 fully saturated rings. The normalized spacial score (nSPS) is 18.3. The van der Waals surface area contributed by atoms with Crippen LogP contribution in [0.2, 0.25) is 4.34 Å². The van der Waals surface area contributed by atoms with E-state index in [0.29, 0.717) is 16.5 Å². The van der Waals surface area contributed by atoms with Gasteiger partial charge in [0.1, 0.15) is 15.8 Å². The number of amides is 2. The van der Waals surface area contributed by atoms with Gasteiger partial charge >= 0.3 is 0 Å². The van der Waals surface area contributed by atoms with Gasteiger partial charge in [-0.3, -0.25) is 14.5 Å². The lowest BCUT2D eigenvalue weighted by molar-refractivity contribution is -0.140. The minimum Gasteiger partial charge on any atom is -0.276 e. The van der Waals surface area contributed by atoms with Crippen molar-refractivity contribution in [3.8, 4) is 0 Å². The Bertz CT molecular complexity index is 719. The molecule has 1 saturated heterocycles. The third-order valence-corrected chi connectivity index (χ3v) is 4.53. The van der Waals surface area contributed by atoms with Gasteiger partial charge in [-0.1, -0.05) is 28.2 Å². The second kappa shape index (κ2) is 6.10. The summed E-state index contributed by atoms with van der Waals surface area (Å²) < 4.78 is 17.0. The number of carbonyl (C=O) groups excluding carboxylic acids is 2. The van der Waals surface area contributed by atoms with Gasteiger partial charge in [0.05, 0.1) is 12.5 Å². The maximum absolute atomic E-state index is 12.9. The van der Waals surface area contributed by atoms with Crippen LogP contribution in [0.5, 0.6) is 0 Å². The molecule has 0 aliphatic carbocycles. The molecule has 0 bridgehead atoms. The fourth-order valence-electron chi connectivity index (χ4n) is 2.42. The number of halogens is 2. The molecule has 22 heavy (non-hydrogen) atoms. The Balaban J connectivity index is 1.71. The number of aromatic nitrogens is 2. The smallest absolute Gasteiger partial charge is 0.233 e. The van der Waals surface area contributed by atoms with Crippen LogP contribution in [0.4, 0.5) is 4.39 Å². The summed E-state index contributed by atoms with van der Waals surface area (Å²) in [5, 5.41) is 3.82. The zero-order chi connectivity index (χ0) is 15.7. The fraction of sp³-hybridized carbons (Fsp3) is 0.286. The molecule has 1 aromatic carbocycles. The second-order valence-corrected chi connectivity index (χ2v) is 6.40. The van der Waals surface area contributed by atoms with Crippen molar-refractivity contribution in [3.05, 3.63) is 45.7 Å². The number of carbonyl (C=O) groups is 2. The molecule has 114 valence electrons. The Labute approximate surface area is 134 Å². The minimum atomic E-state index is -0.427. The summed E-state index contributed by atoms with van der Waals surface area (Å²) in [6.45, 7) is 0.0485. The van der Waals surface area contributed by atoms with Gasteiger partial charge in [0.25, 0.3) is 0 Å². The molecule has 8 heteroatoms. The summed E-state index contributed by atoms with van der Waals surface area (Å²) in [6.07, 6.45) is 0.551. The quantitative estimate of drug-likeness (QED) is 0.803. The first-order chi connectivity index (χ1) is 10.5. The van der Waals surface area contributed by atoms with E-state index in [-0.39, 0.29) is 30.6 Å². The first-order valence-corrected chi connectivity index (χ1v) is 7.75. The number of hydrogen-bond donors (Lipinski definition) is 0. The van der Waals surface area contributed by atoms with Crippen LogP contribution in [-0.4, -0.2) is 26.3 Å². The number of nitrogens with zero attached hydrogens (tertiary/aromatic N) is 3. The summed E-state index contributed by atoms with van der Waals surface area (Å²) >= 11 is 6.92. The monoisotopic (exact) mass is 339 g/mol. The standard InChI is InChI=1S/C14H11ClFN3O2S/c15-13-11(17-18-22-13)7-19-12(20)6-9(14(19)21)5-8-1-3-10(16)4-2-8/h1-4,9H,5-7H2. The van der Waals surface area contributed by atoms with E-state index in [1.807, 2.05) is 0 Å². The molecule has 1 unspecified atom stereocenters. The van der Waals surface area contributed by atoms with Crippen LogP contribution >= 0.6 is 23.1 Å². The van der Waals surface area contributed by atoms with Crippen LogP contribution in [-0.2, 0) is 22.6 Å². The lowest BCUT2D eigenvalue weighted by Crippen LogP contribution is -2.30. The van der Waals surface area contributed by atoms with Crippen LogP contribution in [0, 0.1) is 11.7 Å². The Morgan fingerprint density at radius 2 is 2.05 bits per heavy atom. The maximum Gasteiger partial charge on any atom is 0.233 e. The van der Waals surface area contributed by atoms with Crippen LogP contribution in [0.1, 0.15) is 17.7 Å². The van der Waals surface area contributed by atoms with E-state index in [1.165, 1.54) is 12.1 Å². The molecule has 1 aromatic heterocycles. The van der Waals surface area contributed by atoms with Crippen molar-refractivity contribution in [3.63, 3.8) is 0 Å². The fourth-order valence-corrected chi connectivity index (χ4v) is 3.04. The summed E-state index contributed by atoms with van der Waals surface area (Å²) in [6, 6.07) is 5.93. The van der Waals surface area contributed by atoms with Crippen LogP contribution in [0.25, 0.3) is 0 Å². The molecular weight excluding hydrogens is 329 g/mol. The highest BCUT2D eigenvalue weighted by Gasteiger charge is 2.39. The third-order valence-electron chi connectivity index (χ3n) is 3.55. The van der Waals surface area contributed by atoms with Crippen molar-refractivity contribution >= 4 is 34.9 Å². The zero-order valence-electron chi connectivity index (χ0n) is 11.3. The van der Waals surface area contributed by atoms with Gasteiger partial charge in [0, 0.05) is 18.0 Å². The van der Waals surface area contributed by atoms with Crippen LogP contribution in [0.3, 0.4) is 0 Å². The molecule has 5 nitrogen and oxygen atoms in total. The van der Waals surface area contributed by atoms with Crippen molar-refractivity contribution in [2.45, 2.75) is 19.4 Å². The number of hydrogen-bond acceptors (Lipinski definition) is 5. The van der Waals surface area contributed by atoms with E-state index in [1.54, 1.807) is 12.1 Å². The Morgan fingerprint density at radius 3 is 2.68 bits per heavy atom. The van der Waals surface area contributed by atoms with Crippen molar-refractivity contribution in [1.82, 2.24) is 14.5 Å². The average Bonchev–Trinajstić information content (AvgIpc) is 3.01. The van der Waals surface area contributed by atoms with E-state index < -0.39 is 5.92 Å². The number of benzene rings is 1. The van der Waals surface area contributed by atoms with E-state index >= 15 is 0 Å². The van der Waals surface area contributed by atoms with E-state index in [0.717, 1.165) is 22.0 Å². The van der Waals surface area contributed by atoms with Crippen molar-refractivity contribution in [2.75, 3.05) is 0 Å². The first-order valence-electron chi connectivity index (χ1n) is 6.60. The van der Waals surface area contributed by atoms with Gasteiger partial charge in [0.15, 0.2) is 0 Å². The summed E-state index contributed by atoms with van der Waals surface area (Å²) in [7, 11) is 0. The zero-order valence-corrected chi connectivity index (χ0v) is 12.9. The Kier molecular flexibility index (Phi) is 4.17. The van der Waals surface area contributed by atoms with E-state index in [9.17, 15) is 14.0 Å². The summed E-state index contributed by atoms with van der Waals surface area (Å²) in [5.74, 6) is -1.26. The first kappa shape index (κ1) is 15.1. The van der Waals surface area contributed by atoms with Gasteiger partial charge < -0.3 is 0 Å². The molecule has 0 radical (unpaired) electrons. The van der Waals surface area contributed by atoms with Gasteiger partial charge in [-0.05, 0) is 24.1 Å². The van der Waals surface area contributed by atoms with Crippen LogP contribution < -0.4 is 0 Å².